The summed E-state index contributed by atoms with van der Waals surface area (Å²) in [5.74, 6) is -3.50. The van der Waals surface area contributed by atoms with Crippen molar-refractivity contribution in [3.8, 4) is 0 Å². The van der Waals surface area contributed by atoms with Gasteiger partial charge in [-0.15, -0.1) is 0 Å². The van der Waals surface area contributed by atoms with E-state index in [0.717, 1.165) is 10.5 Å². The molecular formula is C19H19N3O6. The number of amides is 4. The number of piperidine rings is 2. The summed E-state index contributed by atoms with van der Waals surface area (Å²) in [4.78, 5) is 61.2. The Bertz CT molecular complexity index is 911. The SMILES string of the molecule is O=C1CCC(N2C(=O)c3ccc(C4CC(C(=O)O)CCN4)cc3C2=O)C(=O)N1. The van der Waals surface area contributed by atoms with Crippen molar-refractivity contribution in [1.82, 2.24) is 15.5 Å². The van der Waals surface area contributed by atoms with Crippen molar-refractivity contribution in [2.45, 2.75) is 37.8 Å². The first-order chi connectivity index (χ1) is 13.4. The molecule has 0 aliphatic carbocycles. The smallest absolute Gasteiger partial charge is 0.306 e. The monoisotopic (exact) mass is 385 g/mol. The maximum absolute atomic E-state index is 12.9. The normalized spacial score (nSPS) is 27.6. The van der Waals surface area contributed by atoms with E-state index in [1.807, 2.05) is 0 Å². The van der Waals surface area contributed by atoms with Crippen LogP contribution in [-0.4, -0.2) is 52.2 Å². The van der Waals surface area contributed by atoms with Gasteiger partial charge >= 0.3 is 5.97 Å². The molecule has 0 spiro atoms. The number of carbonyl (C=O) groups excluding carboxylic acids is 4. The number of imide groups is 2. The summed E-state index contributed by atoms with van der Waals surface area (Å²) >= 11 is 0. The van der Waals surface area contributed by atoms with E-state index in [1.54, 1.807) is 18.2 Å². The molecule has 2 fully saturated rings. The van der Waals surface area contributed by atoms with E-state index in [9.17, 15) is 29.1 Å². The summed E-state index contributed by atoms with van der Waals surface area (Å²) < 4.78 is 0. The standard InChI is InChI=1S/C19H19N3O6/c23-15-4-3-14(16(24)21-15)22-17(25)11-2-1-9(7-12(11)18(22)26)13-8-10(19(27)28)5-6-20-13/h1-2,7,10,13-14,20H,3-6,8H2,(H,27,28)(H,21,23,24). The van der Waals surface area contributed by atoms with Crippen LogP contribution in [0.3, 0.4) is 0 Å². The Labute approximate surface area is 160 Å². The zero-order valence-corrected chi connectivity index (χ0v) is 14.9. The number of benzene rings is 1. The van der Waals surface area contributed by atoms with Crippen molar-refractivity contribution < 1.29 is 29.1 Å². The van der Waals surface area contributed by atoms with Gasteiger partial charge in [-0.25, -0.2) is 0 Å². The van der Waals surface area contributed by atoms with Crippen LogP contribution in [0.5, 0.6) is 0 Å². The highest BCUT2D eigenvalue weighted by atomic mass is 16.4. The maximum Gasteiger partial charge on any atom is 0.306 e. The number of nitrogens with one attached hydrogen (secondary N) is 2. The van der Waals surface area contributed by atoms with Gasteiger partial charge in [0.2, 0.25) is 11.8 Å². The second-order valence-corrected chi connectivity index (χ2v) is 7.32. The topological polar surface area (TPSA) is 133 Å². The molecule has 28 heavy (non-hydrogen) atoms. The fourth-order valence-corrected chi connectivity index (χ4v) is 4.10. The first kappa shape index (κ1) is 18.3. The Hall–Kier alpha value is -3.07. The molecule has 3 atom stereocenters. The second-order valence-electron chi connectivity index (χ2n) is 7.32. The van der Waals surface area contributed by atoms with Crippen LogP contribution in [0.4, 0.5) is 0 Å². The largest absolute Gasteiger partial charge is 0.481 e. The summed E-state index contributed by atoms with van der Waals surface area (Å²) in [6.45, 7) is 0.550. The van der Waals surface area contributed by atoms with E-state index in [-0.39, 0.29) is 30.0 Å². The van der Waals surface area contributed by atoms with E-state index in [2.05, 4.69) is 10.6 Å². The van der Waals surface area contributed by atoms with E-state index in [1.165, 1.54) is 0 Å². The van der Waals surface area contributed by atoms with Crippen molar-refractivity contribution in [2.24, 2.45) is 5.92 Å². The number of hydrogen-bond acceptors (Lipinski definition) is 6. The fourth-order valence-electron chi connectivity index (χ4n) is 4.10. The average Bonchev–Trinajstić information content (AvgIpc) is 2.92. The molecule has 1 aromatic rings. The molecule has 9 heteroatoms. The van der Waals surface area contributed by atoms with E-state index >= 15 is 0 Å². The van der Waals surface area contributed by atoms with Crippen LogP contribution in [-0.2, 0) is 14.4 Å². The Morgan fingerprint density at radius 2 is 1.82 bits per heavy atom. The van der Waals surface area contributed by atoms with Crippen LogP contribution < -0.4 is 10.6 Å². The molecular weight excluding hydrogens is 366 g/mol. The number of fused-ring (bicyclic) bond motifs is 1. The number of aliphatic carboxylic acids is 1. The lowest BCUT2D eigenvalue weighted by molar-refractivity contribution is -0.143. The molecule has 3 N–H and O–H groups in total. The first-order valence-corrected chi connectivity index (χ1v) is 9.18. The van der Waals surface area contributed by atoms with Crippen molar-refractivity contribution in [2.75, 3.05) is 6.54 Å². The molecule has 0 bridgehead atoms. The second kappa shape index (κ2) is 6.83. The third-order valence-corrected chi connectivity index (χ3v) is 5.62. The van der Waals surface area contributed by atoms with Crippen LogP contribution in [0.1, 0.15) is 58.0 Å². The molecule has 1 aromatic carbocycles. The minimum atomic E-state index is -1.00. The van der Waals surface area contributed by atoms with E-state index < -0.39 is 41.6 Å². The lowest BCUT2D eigenvalue weighted by atomic mass is 9.88. The summed E-state index contributed by atoms with van der Waals surface area (Å²) in [5, 5.41) is 14.7. The number of carbonyl (C=O) groups is 5. The van der Waals surface area contributed by atoms with Gasteiger partial charge < -0.3 is 10.4 Å². The zero-order chi connectivity index (χ0) is 20.0. The van der Waals surface area contributed by atoms with Crippen molar-refractivity contribution in [3.63, 3.8) is 0 Å². The molecule has 4 amide bonds. The number of nitrogens with zero attached hydrogens (tertiary/aromatic N) is 1. The van der Waals surface area contributed by atoms with Gasteiger partial charge in [-0.2, -0.15) is 0 Å². The minimum absolute atomic E-state index is 0.0671. The number of rotatable bonds is 3. The predicted molar refractivity (Wildman–Crippen MR) is 94.2 cm³/mol. The van der Waals surface area contributed by atoms with Crippen LogP contribution in [0.25, 0.3) is 0 Å². The van der Waals surface area contributed by atoms with Gasteiger partial charge in [0.05, 0.1) is 17.0 Å². The van der Waals surface area contributed by atoms with Gasteiger partial charge in [0, 0.05) is 12.5 Å². The minimum Gasteiger partial charge on any atom is -0.481 e. The van der Waals surface area contributed by atoms with Crippen molar-refractivity contribution >= 4 is 29.6 Å². The van der Waals surface area contributed by atoms with Gasteiger partial charge in [0.15, 0.2) is 0 Å². The highest BCUT2D eigenvalue weighted by Crippen LogP contribution is 2.33. The summed E-state index contributed by atoms with van der Waals surface area (Å²) in [7, 11) is 0. The summed E-state index contributed by atoms with van der Waals surface area (Å²) in [6.07, 6.45) is 1.11. The lowest BCUT2D eigenvalue weighted by Gasteiger charge is -2.28. The Morgan fingerprint density at radius 1 is 1.07 bits per heavy atom. The summed E-state index contributed by atoms with van der Waals surface area (Å²) in [5.41, 5.74) is 1.14. The molecule has 3 aliphatic rings. The Morgan fingerprint density at radius 3 is 2.54 bits per heavy atom. The maximum atomic E-state index is 12.9. The van der Waals surface area contributed by atoms with Gasteiger partial charge in [0.1, 0.15) is 6.04 Å². The Kier molecular flexibility index (Phi) is 4.46. The van der Waals surface area contributed by atoms with Crippen molar-refractivity contribution in [3.05, 3.63) is 34.9 Å². The molecule has 9 nitrogen and oxygen atoms in total. The highest BCUT2D eigenvalue weighted by Gasteiger charge is 2.44. The van der Waals surface area contributed by atoms with Gasteiger partial charge in [-0.3, -0.25) is 34.2 Å². The molecule has 0 saturated carbocycles. The number of carboxylic acid groups (broad SMARTS) is 1. The third-order valence-electron chi connectivity index (χ3n) is 5.62. The molecule has 0 radical (unpaired) electrons. The fraction of sp³-hybridized carbons (Fsp3) is 0.421. The Balaban J connectivity index is 1.60. The first-order valence-electron chi connectivity index (χ1n) is 9.18. The van der Waals surface area contributed by atoms with Crippen LogP contribution in [0.2, 0.25) is 0 Å². The molecule has 3 aliphatic heterocycles. The van der Waals surface area contributed by atoms with Crippen LogP contribution in [0.15, 0.2) is 18.2 Å². The summed E-state index contributed by atoms with van der Waals surface area (Å²) in [6, 6.07) is 3.62. The number of carboxylic acids is 1. The lowest BCUT2D eigenvalue weighted by Crippen LogP contribution is -2.54. The van der Waals surface area contributed by atoms with Gasteiger partial charge in [-0.05, 0) is 43.5 Å². The van der Waals surface area contributed by atoms with Gasteiger partial charge in [0.25, 0.3) is 11.8 Å². The van der Waals surface area contributed by atoms with Crippen LogP contribution in [0, 0.1) is 5.92 Å². The molecule has 3 heterocycles. The predicted octanol–water partition coefficient (Wildman–Crippen LogP) is 0.213. The quantitative estimate of drug-likeness (QED) is 0.634. The van der Waals surface area contributed by atoms with E-state index in [0.29, 0.717) is 19.4 Å². The van der Waals surface area contributed by atoms with Crippen molar-refractivity contribution in [1.29, 1.82) is 0 Å². The average molecular weight is 385 g/mol. The third kappa shape index (κ3) is 2.97. The van der Waals surface area contributed by atoms with Crippen LogP contribution >= 0.6 is 0 Å². The molecule has 3 unspecified atom stereocenters. The highest BCUT2D eigenvalue weighted by molar-refractivity contribution is 6.23. The number of hydrogen-bond donors (Lipinski definition) is 3. The molecule has 146 valence electrons. The van der Waals surface area contributed by atoms with Gasteiger partial charge in [-0.1, -0.05) is 6.07 Å². The molecule has 0 aromatic heterocycles. The molecule has 2 saturated heterocycles. The van der Waals surface area contributed by atoms with E-state index in [4.69, 9.17) is 0 Å². The zero-order valence-electron chi connectivity index (χ0n) is 14.9. The molecule has 4 rings (SSSR count).